The fourth-order valence-electron chi connectivity index (χ4n) is 3.34. The number of carbonyl (C=O) groups is 3. The van der Waals surface area contributed by atoms with Gasteiger partial charge >= 0.3 is 0 Å². The van der Waals surface area contributed by atoms with Crippen molar-refractivity contribution in [3.8, 4) is 0 Å². The molecule has 3 rings (SSSR count). The Kier molecular flexibility index (Phi) is 9.90. The van der Waals surface area contributed by atoms with E-state index in [0.717, 1.165) is 32.7 Å². The summed E-state index contributed by atoms with van der Waals surface area (Å²) >= 11 is 0. The predicted molar refractivity (Wildman–Crippen MR) is 130 cm³/mol. The lowest BCUT2D eigenvalue weighted by Crippen LogP contribution is -2.32. The molecular formula is C25H33N5O3. The van der Waals surface area contributed by atoms with Gasteiger partial charge in [-0.25, -0.2) is 0 Å². The second-order valence-electron chi connectivity index (χ2n) is 7.81. The Morgan fingerprint density at radius 1 is 1.06 bits per heavy atom. The Morgan fingerprint density at radius 3 is 2.33 bits per heavy atom. The predicted octanol–water partition coefficient (Wildman–Crippen LogP) is 2.51. The topological polar surface area (TPSA) is 102 Å². The first kappa shape index (κ1) is 25.9. The number of rotatable bonds is 10. The van der Waals surface area contributed by atoms with Gasteiger partial charge < -0.3 is 10.6 Å². The number of nitrogens with two attached hydrogens (primary N) is 1. The molecule has 1 aromatic heterocycles. The van der Waals surface area contributed by atoms with E-state index in [2.05, 4.69) is 66.1 Å². The first-order valence-electron chi connectivity index (χ1n) is 11.0. The summed E-state index contributed by atoms with van der Waals surface area (Å²) in [7, 11) is 3.72. The van der Waals surface area contributed by atoms with E-state index < -0.39 is 11.7 Å². The van der Waals surface area contributed by atoms with Crippen molar-refractivity contribution in [2.75, 3.05) is 33.2 Å². The van der Waals surface area contributed by atoms with Crippen LogP contribution in [0.1, 0.15) is 40.3 Å². The van der Waals surface area contributed by atoms with Crippen LogP contribution in [0.5, 0.6) is 0 Å². The quantitative estimate of drug-likeness (QED) is 0.289. The highest BCUT2D eigenvalue weighted by atomic mass is 16.2. The average Bonchev–Trinajstić information content (AvgIpc) is 3.16. The van der Waals surface area contributed by atoms with Crippen LogP contribution in [0.15, 0.2) is 48.5 Å². The third-order valence-electron chi connectivity index (χ3n) is 5.47. The minimum Gasteiger partial charge on any atom is -0.363 e. The summed E-state index contributed by atoms with van der Waals surface area (Å²) < 4.78 is 1.28. The fraction of sp³-hybridized carbons (Fsp3) is 0.360. The number of hydrogen-bond donors (Lipinski definition) is 1. The van der Waals surface area contributed by atoms with Crippen molar-refractivity contribution in [1.29, 1.82) is 0 Å². The zero-order valence-corrected chi connectivity index (χ0v) is 19.8. The van der Waals surface area contributed by atoms with Crippen LogP contribution >= 0.6 is 0 Å². The summed E-state index contributed by atoms with van der Waals surface area (Å²) in [6.45, 7) is 10.0. The molecule has 2 N–H and O–H groups in total. The molecule has 0 aliphatic heterocycles. The summed E-state index contributed by atoms with van der Waals surface area (Å²) in [5.74, 6) is -1.87. The van der Waals surface area contributed by atoms with Gasteiger partial charge in [0.1, 0.15) is 12.0 Å². The van der Waals surface area contributed by atoms with Gasteiger partial charge in [0.25, 0.3) is 11.7 Å². The van der Waals surface area contributed by atoms with E-state index in [1.165, 1.54) is 23.4 Å². The van der Waals surface area contributed by atoms with Crippen LogP contribution in [0, 0.1) is 0 Å². The molecule has 176 valence electrons. The maximum absolute atomic E-state index is 11.6. The maximum Gasteiger partial charge on any atom is 0.291 e. The largest absolute Gasteiger partial charge is 0.363 e. The Bertz CT molecular complexity index is 1080. The molecule has 8 heteroatoms. The highest BCUT2D eigenvalue weighted by Gasteiger charge is 2.21. The lowest BCUT2D eigenvalue weighted by Gasteiger charge is -2.23. The SMILES string of the molecule is CCN(C)CCN(CC)Cc1ccccc1.Cn1nc2ccc(C=O)cc2c1C(=O)C(N)=O. The number of primary amides is 1. The number of aromatic nitrogens is 2. The molecule has 0 unspecified atom stereocenters. The van der Waals surface area contributed by atoms with Gasteiger partial charge in [0.2, 0.25) is 0 Å². The van der Waals surface area contributed by atoms with Crippen LogP contribution in [0.3, 0.4) is 0 Å². The van der Waals surface area contributed by atoms with Crippen molar-refractivity contribution < 1.29 is 14.4 Å². The molecule has 33 heavy (non-hydrogen) atoms. The molecule has 0 spiro atoms. The summed E-state index contributed by atoms with van der Waals surface area (Å²) in [6, 6.07) is 15.4. The van der Waals surface area contributed by atoms with Crippen molar-refractivity contribution in [3.63, 3.8) is 0 Å². The van der Waals surface area contributed by atoms with Crippen LogP contribution in [0.4, 0.5) is 0 Å². The molecule has 0 saturated heterocycles. The van der Waals surface area contributed by atoms with E-state index >= 15 is 0 Å². The van der Waals surface area contributed by atoms with Crippen LogP contribution in [0.2, 0.25) is 0 Å². The Morgan fingerprint density at radius 2 is 1.76 bits per heavy atom. The summed E-state index contributed by atoms with van der Waals surface area (Å²) in [5, 5.41) is 4.51. The Hall–Kier alpha value is -3.36. The molecule has 1 amide bonds. The van der Waals surface area contributed by atoms with Gasteiger partial charge in [0.05, 0.1) is 5.52 Å². The number of aldehydes is 1. The summed E-state index contributed by atoms with van der Waals surface area (Å²) in [5.41, 5.74) is 7.40. The van der Waals surface area contributed by atoms with E-state index in [0.29, 0.717) is 22.8 Å². The maximum atomic E-state index is 11.6. The molecule has 8 nitrogen and oxygen atoms in total. The second-order valence-corrected chi connectivity index (χ2v) is 7.81. The molecule has 0 bridgehead atoms. The number of carbonyl (C=O) groups excluding carboxylic acids is 3. The molecule has 0 saturated carbocycles. The minimum atomic E-state index is -1.05. The van der Waals surface area contributed by atoms with Crippen LogP contribution < -0.4 is 5.73 Å². The van der Waals surface area contributed by atoms with Crippen molar-refractivity contribution in [2.45, 2.75) is 20.4 Å². The fourth-order valence-corrected chi connectivity index (χ4v) is 3.34. The normalized spacial score (nSPS) is 10.8. The van der Waals surface area contributed by atoms with E-state index in [1.54, 1.807) is 12.1 Å². The number of likely N-dealkylation sites (N-methyl/N-ethyl adjacent to an activating group) is 2. The van der Waals surface area contributed by atoms with Gasteiger partial charge in [-0.05, 0) is 43.9 Å². The summed E-state index contributed by atoms with van der Waals surface area (Å²) in [6.07, 6.45) is 0.658. The molecule has 3 aromatic rings. The average molecular weight is 452 g/mol. The second kappa shape index (κ2) is 12.6. The molecule has 0 radical (unpaired) electrons. The Balaban J connectivity index is 0.000000234. The lowest BCUT2D eigenvalue weighted by molar-refractivity contribution is -0.114. The van der Waals surface area contributed by atoms with Gasteiger partial charge in [-0.15, -0.1) is 0 Å². The number of benzene rings is 2. The zero-order valence-electron chi connectivity index (χ0n) is 19.8. The lowest BCUT2D eigenvalue weighted by atomic mass is 10.1. The standard InChI is InChI=1S/C14H24N2.C11H9N3O3/c1-4-15(3)11-12-16(5-2)13-14-9-7-6-8-10-14;1-14-9(10(16)11(12)17)7-4-6(5-15)2-3-8(7)13-14/h6-10H,4-5,11-13H2,1-3H3;2-5H,1H3,(H2,12,17). The van der Waals surface area contributed by atoms with Crippen LogP contribution in [-0.2, 0) is 18.4 Å². The van der Waals surface area contributed by atoms with Gasteiger partial charge in [-0.2, -0.15) is 5.10 Å². The van der Waals surface area contributed by atoms with Crippen LogP contribution in [0.25, 0.3) is 10.9 Å². The van der Waals surface area contributed by atoms with Gasteiger partial charge in [0.15, 0.2) is 0 Å². The number of ketones is 1. The number of fused-ring (bicyclic) bond motifs is 1. The van der Waals surface area contributed by atoms with Crippen molar-refractivity contribution in [2.24, 2.45) is 12.8 Å². The Labute approximate surface area is 195 Å². The first-order valence-corrected chi connectivity index (χ1v) is 11.0. The molecule has 2 aromatic carbocycles. The number of hydrogen-bond acceptors (Lipinski definition) is 6. The molecule has 0 aliphatic rings. The molecular weight excluding hydrogens is 418 g/mol. The third kappa shape index (κ3) is 7.34. The molecule has 1 heterocycles. The molecule has 0 aliphatic carbocycles. The number of aryl methyl sites for hydroxylation is 1. The number of amides is 1. The van der Waals surface area contributed by atoms with Gasteiger partial charge in [-0.3, -0.25) is 24.0 Å². The summed E-state index contributed by atoms with van der Waals surface area (Å²) in [4.78, 5) is 38.0. The van der Waals surface area contributed by atoms with E-state index in [9.17, 15) is 14.4 Å². The zero-order chi connectivity index (χ0) is 24.4. The molecule has 0 fully saturated rings. The van der Waals surface area contributed by atoms with Gasteiger partial charge in [0, 0.05) is 37.6 Å². The monoisotopic (exact) mass is 451 g/mol. The van der Waals surface area contributed by atoms with Crippen LogP contribution in [-0.4, -0.2) is 70.8 Å². The third-order valence-corrected chi connectivity index (χ3v) is 5.47. The highest BCUT2D eigenvalue weighted by Crippen LogP contribution is 2.19. The van der Waals surface area contributed by atoms with Crippen molar-refractivity contribution in [1.82, 2.24) is 19.6 Å². The van der Waals surface area contributed by atoms with Gasteiger partial charge in [-0.1, -0.05) is 44.2 Å². The van der Waals surface area contributed by atoms with E-state index in [4.69, 9.17) is 5.73 Å². The first-order chi connectivity index (χ1) is 15.8. The van der Waals surface area contributed by atoms with Crippen molar-refractivity contribution in [3.05, 3.63) is 65.4 Å². The minimum absolute atomic E-state index is 0.0937. The van der Waals surface area contributed by atoms with E-state index in [1.807, 2.05) is 0 Å². The smallest absolute Gasteiger partial charge is 0.291 e. The van der Waals surface area contributed by atoms with E-state index in [-0.39, 0.29) is 5.69 Å². The number of Topliss-reactive ketones (excluding diaryl/α,β-unsaturated/α-hetero) is 1. The highest BCUT2D eigenvalue weighted by molar-refractivity contribution is 6.43. The number of nitrogens with zero attached hydrogens (tertiary/aromatic N) is 4. The van der Waals surface area contributed by atoms with Crippen molar-refractivity contribution >= 4 is 28.9 Å². The molecule has 0 atom stereocenters.